The number of aliphatic hydroxyl groups is 1. The zero-order valence-electron chi connectivity index (χ0n) is 39.5. The number of aliphatic imine (C=N–C) groups is 1. The second-order valence-electron chi connectivity index (χ2n) is 20.3. The second kappa shape index (κ2) is 17.5. The Bertz CT molecular complexity index is 2390. The van der Waals surface area contributed by atoms with Gasteiger partial charge < -0.3 is 44.3 Å². The number of carbonyl (C=O) groups excluding carboxylic acids is 3. The highest BCUT2D eigenvalue weighted by Crippen LogP contribution is 2.71. The molecule has 14 nitrogen and oxygen atoms in total. The van der Waals surface area contributed by atoms with Gasteiger partial charge in [0.1, 0.15) is 41.4 Å². The average Bonchev–Trinajstić information content (AvgIpc) is 3.42. The number of amidine groups is 1. The maximum absolute atomic E-state index is 14.3. The van der Waals surface area contributed by atoms with Crippen LogP contribution in [0.25, 0.3) is 11.8 Å². The second-order valence-corrected chi connectivity index (χ2v) is 20.3. The first kappa shape index (κ1) is 46.3. The van der Waals surface area contributed by atoms with Gasteiger partial charge in [-0.15, -0.1) is 0 Å². The minimum Gasteiger partial charge on any atom is -0.488 e. The number of ether oxygens (including phenoxy) is 5. The number of nitrogens with two attached hydrogens (primary N) is 1. The third-order valence-corrected chi connectivity index (χ3v) is 14.8. The summed E-state index contributed by atoms with van der Waals surface area (Å²) in [6.07, 6.45) is 9.27. The summed E-state index contributed by atoms with van der Waals surface area (Å²) in [4.78, 5) is 49.3. The molecular weight excluding hydrogens is 827 g/mol. The summed E-state index contributed by atoms with van der Waals surface area (Å²) >= 11 is 0. The maximum Gasteiger partial charge on any atom is 0.333 e. The molecule has 65 heavy (non-hydrogen) atoms. The summed E-state index contributed by atoms with van der Waals surface area (Å²) in [5, 5.41) is 23.5. The molecule has 0 bridgehead atoms. The number of nitriles is 1. The molecule has 0 radical (unpaired) electrons. The quantitative estimate of drug-likeness (QED) is 0.0830. The number of benzene rings is 1. The van der Waals surface area contributed by atoms with E-state index in [9.17, 15) is 24.8 Å². The highest BCUT2D eigenvalue weighted by atomic mass is 16.6. The summed E-state index contributed by atoms with van der Waals surface area (Å²) in [6, 6.07) is 2.45. The summed E-state index contributed by atoms with van der Waals surface area (Å²) in [6.45, 7) is 18.4. The lowest BCUT2D eigenvalue weighted by atomic mass is 9.55. The Morgan fingerprint density at radius 3 is 2.38 bits per heavy atom. The number of hydrogen-bond acceptors (Lipinski definition) is 13. The Morgan fingerprint density at radius 1 is 1.02 bits per heavy atom. The molecule has 348 valence electrons. The highest BCUT2D eigenvalue weighted by Gasteiger charge is 2.73. The molecule has 8 rings (SSSR count). The summed E-state index contributed by atoms with van der Waals surface area (Å²) in [5.74, 6) is -3.07. The van der Waals surface area contributed by atoms with Crippen LogP contribution in [-0.4, -0.2) is 108 Å². The predicted molar refractivity (Wildman–Crippen MR) is 245 cm³/mol. The Morgan fingerprint density at radius 2 is 1.72 bits per heavy atom. The van der Waals surface area contributed by atoms with E-state index in [0.29, 0.717) is 72.9 Å². The van der Waals surface area contributed by atoms with E-state index in [1.807, 2.05) is 53.8 Å². The summed E-state index contributed by atoms with van der Waals surface area (Å²) < 4.78 is 33.0. The zero-order valence-corrected chi connectivity index (χ0v) is 39.5. The molecule has 0 aromatic heterocycles. The van der Waals surface area contributed by atoms with Crippen molar-refractivity contribution in [3.63, 3.8) is 0 Å². The van der Waals surface area contributed by atoms with Crippen molar-refractivity contribution in [1.82, 2.24) is 9.80 Å². The fraction of sp³-hybridized carbons (Fsp3) is 0.588. The Labute approximate surface area is 382 Å². The topological polar surface area (TPSA) is 186 Å². The van der Waals surface area contributed by atoms with E-state index in [2.05, 4.69) is 37.0 Å². The largest absolute Gasteiger partial charge is 0.488 e. The lowest BCUT2D eigenvalue weighted by Gasteiger charge is -2.54. The van der Waals surface area contributed by atoms with Crippen LogP contribution in [0.4, 0.5) is 0 Å². The number of likely N-dealkylation sites (N-methyl/N-ethyl adjacent to an activating group) is 1. The molecule has 1 aromatic rings. The minimum atomic E-state index is -1.06. The van der Waals surface area contributed by atoms with Crippen LogP contribution in [0.15, 0.2) is 51.6 Å². The number of aliphatic hydroxyl groups excluding tert-OH is 1. The van der Waals surface area contributed by atoms with E-state index < -0.39 is 65.6 Å². The molecule has 3 N–H and O–H groups in total. The van der Waals surface area contributed by atoms with E-state index in [0.717, 1.165) is 23.1 Å². The standard InChI is InChI=1S/C51H65N5O9/c1-26(2)12-11-18-51(8)19-17-30-44(65-51)29(15-13-27(3)4)46-40(45(30)62-34(58)24-33(57)56-22-20-55(9)21-23-56)42-37-35(31(25-52)48(53)54-42)38-36-39(37)47(63-46)41(36)50(6,7)64-32(43(38)59)16-14-28(5)49(60)61-10/h12-14,17,19,31-32,35-36,38-39,41,43,47,59H,11,15-16,18,20-24H2,1-10H3,(H2,53,54). The molecule has 14 heteroatoms. The number of methoxy groups -OCH3 is 1. The number of rotatable bonds is 11. The van der Waals surface area contributed by atoms with E-state index in [-0.39, 0.29) is 41.7 Å². The molecule has 10 atom stereocenters. The van der Waals surface area contributed by atoms with Gasteiger partial charge in [0, 0.05) is 55.1 Å². The SMILES string of the molecule is COC(=O)C(C)=CCC1OC(C)(C)C2C3Oc4c(CC=C(C)C)c5c(c(OC(=O)CC(=O)N6CCN(C)CC6)c4C4=C6C(C(C#N)C(N)=N4)C(C1O)C2C63)C=CC(C)(CCC=C(C)C)O5. The van der Waals surface area contributed by atoms with Crippen molar-refractivity contribution in [3.8, 4) is 23.3 Å². The lowest BCUT2D eigenvalue weighted by molar-refractivity contribution is -0.182. The van der Waals surface area contributed by atoms with Gasteiger partial charge in [0.2, 0.25) is 5.91 Å². The van der Waals surface area contributed by atoms with Crippen molar-refractivity contribution in [2.45, 2.75) is 117 Å². The monoisotopic (exact) mass is 891 g/mol. The molecule has 1 amide bonds. The van der Waals surface area contributed by atoms with Crippen LogP contribution >= 0.6 is 0 Å². The van der Waals surface area contributed by atoms with Gasteiger partial charge in [-0.05, 0) is 118 Å². The Kier molecular flexibility index (Phi) is 12.5. The molecule has 2 saturated heterocycles. The van der Waals surface area contributed by atoms with Crippen LogP contribution in [0.3, 0.4) is 0 Å². The fourth-order valence-electron chi connectivity index (χ4n) is 11.6. The molecule has 1 aromatic carbocycles. The molecular formula is C51H65N5O9. The molecule has 10 unspecified atom stereocenters. The van der Waals surface area contributed by atoms with Crippen LogP contribution in [0.1, 0.15) is 97.8 Å². The minimum absolute atomic E-state index is 0.0813. The van der Waals surface area contributed by atoms with Crippen LogP contribution < -0.4 is 19.9 Å². The number of hydrogen-bond donors (Lipinski definition) is 2. The number of esters is 2. The number of fused-ring (bicyclic) bond motifs is 5. The van der Waals surface area contributed by atoms with E-state index in [4.69, 9.17) is 34.4 Å². The van der Waals surface area contributed by atoms with E-state index >= 15 is 0 Å². The van der Waals surface area contributed by atoms with Gasteiger partial charge in [-0.2, -0.15) is 5.26 Å². The van der Waals surface area contributed by atoms with Gasteiger partial charge in [0.15, 0.2) is 5.75 Å². The molecule has 5 heterocycles. The molecule has 7 aliphatic rings. The van der Waals surface area contributed by atoms with Crippen molar-refractivity contribution < 1.29 is 43.2 Å². The number of amides is 1. The molecule has 2 aliphatic carbocycles. The molecule has 5 aliphatic heterocycles. The van der Waals surface area contributed by atoms with Crippen molar-refractivity contribution >= 4 is 35.5 Å². The maximum atomic E-state index is 14.3. The highest BCUT2D eigenvalue weighted by molar-refractivity contribution is 6.00. The first-order chi connectivity index (χ1) is 30.8. The number of piperazine rings is 1. The Balaban J connectivity index is 1.33. The predicted octanol–water partition coefficient (Wildman–Crippen LogP) is 6.31. The normalized spacial score (nSPS) is 31.5. The fourth-order valence-corrected chi connectivity index (χ4v) is 11.6. The van der Waals surface area contributed by atoms with Gasteiger partial charge in [0.05, 0.1) is 47.8 Å². The smallest absolute Gasteiger partial charge is 0.333 e. The first-order valence-electron chi connectivity index (χ1n) is 23.1. The van der Waals surface area contributed by atoms with E-state index in [1.54, 1.807) is 17.9 Å². The zero-order chi connectivity index (χ0) is 46.9. The van der Waals surface area contributed by atoms with Crippen LogP contribution in [-0.2, 0) is 30.3 Å². The van der Waals surface area contributed by atoms with Crippen LogP contribution in [0, 0.1) is 46.8 Å². The van der Waals surface area contributed by atoms with Crippen molar-refractivity contribution in [3.05, 3.63) is 63.3 Å². The van der Waals surface area contributed by atoms with Crippen molar-refractivity contribution in [2.75, 3.05) is 40.3 Å². The Hall–Kier alpha value is -5.23. The number of carbonyl (C=O) groups is 3. The van der Waals surface area contributed by atoms with Crippen molar-refractivity contribution in [2.24, 2.45) is 46.2 Å². The molecule has 2 saturated carbocycles. The van der Waals surface area contributed by atoms with E-state index in [1.165, 1.54) is 12.7 Å². The third kappa shape index (κ3) is 8.22. The molecule has 4 fully saturated rings. The first-order valence-corrected chi connectivity index (χ1v) is 23.1. The summed E-state index contributed by atoms with van der Waals surface area (Å²) in [5.41, 5.74) is 10.9. The van der Waals surface area contributed by atoms with Gasteiger partial charge in [-0.1, -0.05) is 29.4 Å². The molecule has 0 spiro atoms. The van der Waals surface area contributed by atoms with Gasteiger partial charge >= 0.3 is 11.9 Å². The number of nitrogens with zero attached hydrogens (tertiary/aromatic N) is 4. The van der Waals surface area contributed by atoms with Crippen molar-refractivity contribution in [1.29, 1.82) is 5.26 Å². The van der Waals surface area contributed by atoms with Gasteiger partial charge in [-0.3, -0.25) is 9.59 Å². The van der Waals surface area contributed by atoms with Gasteiger partial charge in [-0.25, -0.2) is 9.79 Å². The van der Waals surface area contributed by atoms with Gasteiger partial charge in [0.25, 0.3) is 0 Å². The average molecular weight is 892 g/mol. The van der Waals surface area contributed by atoms with Crippen LogP contribution in [0.2, 0.25) is 0 Å². The lowest BCUT2D eigenvalue weighted by Crippen LogP contribution is -2.61. The van der Waals surface area contributed by atoms with Crippen LogP contribution in [0.5, 0.6) is 17.2 Å². The summed E-state index contributed by atoms with van der Waals surface area (Å²) in [7, 11) is 3.33. The number of allylic oxidation sites excluding steroid dienone is 4. The third-order valence-electron chi connectivity index (χ3n) is 14.8.